The normalized spacial score (nSPS) is 16.5. The van der Waals surface area contributed by atoms with E-state index in [1.54, 1.807) is 37.8 Å². The third-order valence-corrected chi connectivity index (χ3v) is 6.89. The summed E-state index contributed by atoms with van der Waals surface area (Å²) in [5.41, 5.74) is 6.23. The van der Waals surface area contributed by atoms with Crippen molar-refractivity contribution in [2.24, 2.45) is 5.73 Å². The van der Waals surface area contributed by atoms with Crippen molar-refractivity contribution in [3.05, 3.63) is 71.8 Å². The number of amides is 3. The first-order valence-electron chi connectivity index (χ1n) is 14.5. The molecule has 2 aromatic rings. The number of benzene rings is 2. The fraction of sp³-hybridized carbons (Fsp3) is 0.469. The van der Waals surface area contributed by atoms with E-state index >= 15 is 0 Å². The van der Waals surface area contributed by atoms with Crippen LogP contribution < -0.4 is 16.4 Å². The van der Waals surface area contributed by atoms with Crippen molar-refractivity contribution in [1.82, 2.24) is 15.5 Å². The highest BCUT2D eigenvalue weighted by atomic mass is 16.6. The lowest BCUT2D eigenvalue weighted by atomic mass is 10.0. The number of carbonyl (C=O) groups excluding carboxylic acids is 5. The van der Waals surface area contributed by atoms with Crippen LogP contribution in [0.1, 0.15) is 57.6 Å². The number of Topliss-reactive ketones (excluding diaryl/α,β-unsaturated/α-hetero) is 1. The molecule has 3 amide bonds. The van der Waals surface area contributed by atoms with Crippen molar-refractivity contribution in [2.45, 2.75) is 83.2 Å². The van der Waals surface area contributed by atoms with Gasteiger partial charge in [0.15, 0.2) is 5.78 Å². The van der Waals surface area contributed by atoms with E-state index in [0.29, 0.717) is 13.0 Å². The lowest BCUT2D eigenvalue weighted by Crippen LogP contribution is -2.54. The van der Waals surface area contributed by atoms with Gasteiger partial charge in [-0.3, -0.25) is 24.1 Å². The Morgan fingerprint density at radius 3 is 2.16 bits per heavy atom. The number of ketones is 1. The number of hydrogen-bond acceptors (Lipinski definition) is 8. The number of nitrogens with two attached hydrogens (primary N) is 1. The van der Waals surface area contributed by atoms with E-state index in [9.17, 15) is 24.0 Å². The van der Waals surface area contributed by atoms with Gasteiger partial charge in [-0.2, -0.15) is 0 Å². The molecule has 0 spiro atoms. The summed E-state index contributed by atoms with van der Waals surface area (Å²) in [5.74, 6) is -1.98. The summed E-state index contributed by atoms with van der Waals surface area (Å²) in [6, 6.07) is 15.5. The maximum atomic E-state index is 13.7. The second kappa shape index (κ2) is 15.8. The van der Waals surface area contributed by atoms with E-state index in [-0.39, 0.29) is 44.2 Å². The van der Waals surface area contributed by atoms with Gasteiger partial charge < -0.3 is 25.8 Å². The Kier molecular flexibility index (Phi) is 12.2. The molecule has 3 rings (SSSR count). The van der Waals surface area contributed by atoms with Crippen LogP contribution in [-0.2, 0) is 41.7 Å². The quantitative estimate of drug-likeness (QED) is 0.282. The molecule has 0 aliphatic carbocycles. The highest BCUT2D eigenvalue weighted by Gasteiger charge is 2.37. The Morgan fingerprint density at radius 2 is 1.56 bits per heavy atom. The van der Waals surface area contributed by atoms with Gasteiger partial charge in [0.1, 0.15) is 24.3 Å². The van der Waals surface area contributed by atoms with E-state index in [4.69, 9.17) is 15.2 Å². The van der Waals surface area contributed by atoms with Gasteiger partial charge >= 0.3 is 12.1 Å². The van der Waals surface area contributed by atoms with Crippen LogP contribution in [0.25, 0.3) is 0 Å². The Bertz CT molecular complexity index is 1250. The molecule has 2 aromatic carbocycles. The van der Waals surface area contributed by atoms with Crippen molar-refractivity contribution < 1.29 is 33.4 Å². The molecule has 0 aromatic heterocycles. The number of rotatable bonds is 14. The number of primary amides is 1. The third-order valence-electron chi connectivity index (χ3n) is 6.89. The van der Waals surface area contributed by atoms with E-state index < -0.39 is 41.6 Å². The van der Waals surface area contributed by atoms with E-state index in [2.05, 4.69) is 10.6 Å². The molecule has 0 unspecified atom stereocenters. The third kappa shape index (κ3) is 11.5. The fourth-order valence-corrected chi connectivity index (χ4v) is 4.79. The van der Waals surface area contributed by atoms with Crippen LogP contribution in [-0.4, -0.2) is 71.4 Å². The Labute approximate surface area is 252 Å². The van der Waals surface area contributed by atoms with Crippen molar-refractivity contribution in [2.75, 3.05) is 13.1 Å². The van der Waals surface area contributed by atoms with Crippen LogP contribution in [0.2, 0.25) is 0 Å². The SMILES string of the molecule is CC(C)(C)OC(=O)[C@@H]1CCCN1CC(=O)[C@H](Cc1ccccc1)NC(=O)[C@H](CCC(N)=O)NC(=O)OCc1ccccc1. The summed E-state index contributed by atoms with van der Waals surface area (Å²) < 4.78 is 10.8. The van der Waals surface area contributed by atoms with Crippen molar-refractivity contribution in [3.8, 4) is 0 Å². The standard InChI is InChI=1S/C32H42N4O7/c1-32(2,3)43-30(40)26-15-10-18-36(26)20-27(37)25(19-22-11-6-4-7-12-22)34-29(39)24(16-17-28(33)38)35-31(41)42-21-23-13-8-5-9-14-23/h4-9,11-14,24-26H,10,15-21H2,1-3H3,(H2,33,38)(H,34,39)(H,35,41)/t24-,25-,26-/m0/s1. The fourth-order valence-electron chi connectivity index (χ4n) is 4.79. The maximum Gasteiger partial charge on any atom is 0.408 e. The summed E-state index contributed by atoms with van der Waals surface area (Å²) in [4.78, 5) is 65.8. The van der Waals surface area contributed by atoms with Crippen molar-refractivity contribution in [1.29, 1.82) is 0 Å². The van der Waals surface area contributed by atoms with Crippen LogP contribution in [0.15, 0.2) is 60.7 Å². The molecule has 43 heavy (non-hydrogen) atoms. The molecule has 1 aliphatic rings. The molecule has 1 fully saturated rings. The second-order valence-corrected chi connectivity index (χ2v) is 11.6. The number of ether oxygens (including phenoxy) is 2. The molecule has 0 radical (unpaired) electrons. The number of hydrogen-bond donors (Lipinski definition) is 3. The second-order valence-electron chi connectivity index (χ2n) is 11.6. The van der Waals surface area contributed by atoms with E-state index in [1.165, 1.54) is 0 Å². The zero-order chi connectivity index (χ0) is 31.4. The first kappa shape index (κ1) is 33.3. The topological polar surface area (TPSA) is 157 Å². The monoisotopic (exact) mass is 594 g/mol. The van der Waals surface area contributed by atoms with Crippen molar-refractivity contribution in [3.63, 3.8) is 0 Å². The minimum atomic E-state index is -1.18. The van der Waals surface area contributed by atoms with E-state index in [0.717, 1.165) is 17.5 Å². The first-order chi connectivity index (χ1) is 20.4. The molecule has 3 atom stereocenters. The molecule has 1 aliphatic heterocycles. The lowest BCUT2D eigenvalue weighted by molar-refractivity contribution is -0.160. The average Bonchev–Trinajstić information content (AvgIpc) is 3.42. The molecule has 0 bridgehead atoms. The molecule has 232 valence electrons. The zero-order valence-electron chi connectivity index (χ0n) is 25.0. The number of nitrogens with one attached hydrogen (secondary N) is 2. The van der Waals surface area contributed by atoms with Crippen LogP contribution in [0.5, 0.6) is 0 Å². The van der Waals surface area contributed by atoms with Gasteiger partial charge in [-0.25, -0.2) is 4.79 Å². The Hall–Kier alpha value is -4.25. The number of nitrogens with zero attached hydrogens (tertiary/aromatic N) is 1. The molecular weight excluding hydrogens is 552 g/mol. The summed E-state index contributed by atoms with van der Waals surface area (Å²) in [6.45, 7) is 5.83. The van der Waals surface area contributed by atoms with Crippen LogP contribution in [0.3, 0.4) is 0 Å². The Morgan fingerprint density at radius 1 is 0.930 bits per heavy atom. The van der Waals surface area contributed by atoms with E-state index in [1.807, 2.05) is 48.5 Å². The van der Waals surface area contributed by atoms with Gasteiger partial charge in [-0.1, -0.05) is 60.7 Å². The van der Waals surface area contributed by atoms with Gasteiger partial charge in [0, 0.05) is 6.42 Å². The molecule has 11 heteroatoms. The minimum Gasteiger partial charge on any atom is -0.459 e. The van der Waals surface area contributed by atoms with Crippen molar-refractivity contribution >= 4 is 29.7 Å². The zero-order valence-corrected chi connectivity index (χ0v) is 25.0. The largest absolute Gasteiger partial charge is 0.459 e. The highest BCUT2D eigenvalue weighted by molar-refractivity contribution is 5.93. The molecule has 1 saturated heterocycles. The number of carbonyl (C=O) groups is 5. The molecule has 0 saturated carbocycles. The van der Waals surface area contributed by atoms with Gasteiger partial charge in [-0.15, -0.1) is 0 Å². The molecule has 11 nitrogen and oxygen atoms in total. The maximum absolute atomic E-state index is 13.7. The predicted molar refractivity (Wildman–Crippen MR) is 160 cm³/mol. The van der Waals surface area contributed by atoms with Crippen LogP contribution in [0.4, 0.5) is 4.79 Å². The summed E-state index contributed by atoms with van der Waals surface area (Å²) >= 11 is 0. The highest BCUT2D eigenvalue weighted by Crippen LogP contribution is 2.21. The predicted octanol–water partition coefficient (Wildman–Crippen LogP) is 2.65. The number of alkyl carbamates (subject to hydrolysis) is 1. The van der Waals surface area contributed by atoms with Gasteiger partial charge in [0.25, 0.3) is 0 Å². The van der Waals surface area contributed by atoms with Crippen LogP contribution in [0, 0.1) is 0 Å². The lowest BCUT2D eigenvalue weighted by Gasteiger charge is -2.28. The molecular formula is C32H42N4O7. The number of likely N-dealkylation sites (tertiary alicyclic amines) is 1. The summed E-state index contributed by atoms with van der Waals surface area (Å²) in [6.07, 6.45) is 0.397. The smallest absolute Gasteiger partial charge is 0.408 e. The summed E-state index contributed by atoms with van der Waals surface area (Å²) in [5, 5.41) is 5.27. The average molecular weight is 595 g/mol. The summed E-state index contributed by atoms with van der Waals surface area (Å²) in [7, 11) is 0. The van der Waals surface area contributed by atoms with Gasteiger partial charge in [0.05, 0.1) is 12.6 Å². The van der Waals surface area contributed by atoms with Gasteiger partial charge in [0.2, 0.25) is 11.8 Å². The van der Waals surface area contributed by atoms with Crippen LogP contribution >= 0.6 is 0 Å². The van der Waals surface area contributed by atoms with Gasteiger partial charge in [-0.05, 0) is 64.1 Å². The first-order valence-corrected chi connectivity index (χ1v) is 14.5. The Balaban J connectivity index is 1.72. The molecule has 4 N–H and O–H groups in total. The molecule has 1 heterocycles. The minimum absolute atomic E-state index is 0.0133. The number of esters is 1.